The molecular formula is C19H18ClNO3. The molecule has 0 aromatic heterocycles. The van der Waals surface area contributed by atoms with E-state index >= 15 is 0 Å². The van der Waals surface area contributed by atoms with Crippen molar-refractivity contribution in [1.29, 1.82) is 0 Å². The Kier molecular flexibility index (Phi) is 5.16. The van der Waals surface area contributed by atoms with E-state index in [1.165, 1.54) is 12.8 Å². The Bertz CT molecular complexity index is 721. The summed E-state index contributed by atoms with van der Waals surface area (Å²) in [6, 6.07) is 13.5. The van der Waals surface area contributed by atoms with Gasteiger partial charge in [0.15, 0.2) is 12.4 Å². The average Bonchev–Trinajstić information content (AvgIpc) is 3.43. The van der Waals surface area contributed by atoms with Gasteiger partial charge in [-0.3, -0.25) is 9.59 Å². The Hall–Kier alpha value is -2.33. The van der Waals surface area contributed by atoms with Gasteiger partial charge in [-0.1, -0.05) is 11.6 Å². The first-order valence-corrected chi connectivity index (χ1v) is 8.29. The largest absolute Gasteiger partial charge is 0.484 e. The number of hydrogen-bond acceptors (Lipinski definition) is 3. The molecule has 1 aliphatic rings. The van der Waals surface area contributed by atoms with E-state index in [4.69, 9.17) is 16.3 Å². The number of ketones is 1. The second-order valence-corrected chi connectivity index (χ2v) is 6.33. The molecule has 0 spiro atoms. The van der Waals surface area contributed by atoms with Crippen molar-refractivity contribution in [2.24, 2.45) is 5.92 Å². The van der Waals surface area contributed by atoms with Gasteiger partial charge in [-0.25, -0.2) is 0 Å². The lowest BCUT2D eigenvalue weighted by Crippen LogP contribution is -2.30. The highest BCUT2D eigenvalue weighted by Crippen LogP contribution is 2.27. The number of benzene rings is 2. The smallest absolute Gasteiger partial charge is 0.257 e. The van der Waals surface area contributed by atoms with Gasteiger partial charge in [-0.2, -0.15) is 0 Å². The number of hydrogen-bond donors (Lipinski definition) is 1. The molecule has 5 heteroatoms. The van der Waals surface area contributed by atoms with Crippen molar-refractivity contribution >= 4 is 23.3 Å². The third kappa shape index (κ3) is 4.59. The maximum atomic E-state index is 12.3. The zero-order valence-corrected chi connectivity index (χ0v) is 13.9. The van der Waals surface area contributed by atoms with Crippen LogP contribution in [-0.4, -0.2) is 24.8 Å². The van der Waals surface area contributed by atoms with Crippen LogP contribution < -0.4 is 10.1 Å². The molecule has 0 unspecified atom stereocenters. The van der Waals surface area contributed by atoms with Gasteiger partial charge in [-0.15, -0.1) is 0 Å². The highest BCUT2D eigenvalue weighted by atomic mass is 35.5. The summed E-state index contributed by atoms with van der Waals surface area (Å²) >= 11 is 5.83. The summed E-state index contributed by atoms with van der Waals surface area (Å²) in [5.41, 5.74) is 1.13. The maximum absolute atomic E-state index is 12.3. The van der Waals surface area contributed by atoms with E-state index in [1.54, 1.807) is 48.5 Å². The summed E-state index contributed by atoms with van der Waals surface area (Å²) in [6.45, 7) is 0.716. The number of ether oxygens (including phenoxy) is 1. The number of halogens is 1. The van der Waals surface area contributed by atoms with Gasteiger partial charge in [0.05, 0.1) is 0 Å². The average molecular weight is 344 g/mol. The first-order chi connectivity index (χ1) is 11.6. The van der Waals surface area contributed by atoms with Gasteiger partial charge < -0.3 is 10.1 Å². The lowest BCUT2D eigenvalue weighted by atomic mass is 10.0. The molecule has 1 N–H and O–H groups in total. The van der Waals surface area contributed by atoms with E-state index in [0.29, 0.717) is 27.8 Å². The van der Waals surface area contributed by atoms with Gasteiger partial charge in [0.25, 0.3) is 5.91 Å². The van der Waals surface area contributed by atoms with Crippen LogP contribution in [0.5, 0.6) is 5.75 Å². The fraction of sp³-hybridized carbons (Fsp3) is 0.263. The first kappa shape index (κ1) is 16.5. The lowest BCUT2D eigenvalue weighted by Gasteiger charge is -2.08. The van der Waals surface area contributed by atoms with Gasteiger partial charge in [-0.05, 0) is 67.3 Å². The van der Waals surface area contributed by atoms with Crippen LogP contribution in [0, 0.1) is 5.92 Å². The van der Waals surface area contributed by atoms with E-state index in [-0.39, 0.29) is 18.3 Å². The fourth-order valence-electron chi connectivity index (χ4n) is 2.25. The third-order valence-electron chi connectivity index (χ3n) is 3.88. The van der Waals surface area contributed by atoms with Gasteiger partial charge >= 0.3 is 0 Å². The normalized spacial score (nSPS) is 13.4. The summed E-state index contributed by atoms with van der Waals surface area (Å²) in [7, 11) is 0. The van der Waals surface area contributed by atoms with Crippen molar-refractivity contribution in [1.82, 2.24) is 5.32 Å². The Balaban J connectivity index is 1.53. The molecule has 24 heavy (non-hydrogen) atoms. The molecule has 0 saturated heterocycles. The first-order valence-electron chi connectivity index (χ1n) is 7.91. The Morgan fingerprint density at radius 2 is 1.58 bits per heavy atom. The molecular weight excluding hydrogens is 326 g/mol. The Morgan fingerprint density at radius 3 is 2.17 bits per heavy atom. The molecule has 2 aromatic carbocycles. The van der Waals surface area contributed by atoms with Crippen LogP contribution >= 0.6 is 11.6 Å². The summed E-state index contributed by atoms with van der Waals surface area (Å²) in [5, 5.41) is 3.43. The second-order valence-electron chi connectivity index (χ2n) is 5.90. The van der Waals surface area contributed by atoms with E-state index in [2.05, 4.69) is 5.32 Å². The molecule has 3 rings (SSSR count). The zero-order chi connectivity index (χ0) is 16.9. The Morgan fingerprint density at radius 1 is 1.00 bits per heavy atom. The number of rotatable bonds is 7. The standard InChI is InChI=1S/C19H18ClNO3/c20-16-7-3-14(4-8-16)19(23)15-5-9-17(10-6-15)24-12-18(22)21-11-13-1-2-13/h3-10,13H,1-2,11-12H2,(H,21,22). The predicted octanol–water partition coefficient (Wildman–Crippen LogP) is 3.48. The maximum Gasteiger partial charge on any atom is 0.257 e. The zero-order valence-electron chi connectivity index (χ0n) is 13.1. The van der Waals surface area contributed by atoms with Crippen LogP contribution in [0.15, 0.2) is 48.5 Å². The number of nitrogens with one attached hydrogen (secondary N) is 1. The molecule has 0 bridgehead atoms. The SMILES string of the molecule is O=C(COc1ccc(C(=O)c2ccc(Cl)cc2)cc1)NCC1CC1. The fourth-order valence-corrected chi connectivity index (χ4v) is 2.38. The van der Waals surface area contributed by atoms with Crippen molar-refractivity contribution in [2.75, 3.05) is 13.2 Å². The van der Waals surface area contributed by atoms with Gasteiger partial charge in [0.1, 0.15) is 5.75 Å². The molecule has 1 aliphatic carbocycles. The lowest BCUT2D eigenvalue weighted by molar-refractivity contribution is -0.123. The van der Waals surface area contributed by atoms with E-state index < -0.39 is 0 Å². The minimum absolute atomic E-state index is 0.0167. The molecule has 1 amide bonds. The molecule has 0 heterocycles. The van der Waals surface area contributed by atoms with E-state index in [9.17, 15) is 9.59 Å². The van der Waals surface area contributed by atoms with Crippen molar-refractivity contribution < 1.29 is 14.3 Å². The summed E-state index contributed by atoms with van der Waals surface area (Å²) < 4.78 is 5.44. The van der Waals surface area contributed by atoms with Gasteiger partial charge in [0, 0.05) is 22.7 Å². The Labute approximate surface area is 145 Å². The van der Waals surface area contributed by atoms with Crippen LogP contribution in [0.4, 0.5) is 0 Å². The monoisotopic (exact) mass is 343 g/mol. The van der Waals surface area contributed by atoms with Crippen LogP contribution in [0.2, 0.25) is 5.02 Å². The quantitative estimate of drug-likeness (QED) is 0.783. The second kappa shape index (κ2) is 7.49. The molecule has 1 saturated carbocycles. The van der Waals surface area contributed by atoms with E-state index in [0.717, 1.165) is 6.54 Å². The van der Waals surface area contributed by atoms with Crippen LogP contribution in [0.3, 0.4) is 0 Å². The van der Waals surface area contributed by atoms with Crippen LogP contribution in [0.1, 0.15) is 28.8 Å². The minimum Gasteiger partial charge on any atom is -0.484 e. The molecule has 124 valence electrons. The van der Waals surface area contributed by atoms with Crippen LogP contribution in [0.25, 0.3) is 0 Å². The van der Waals surface area contributed by atoms with Gasteiger partial charge in [0.2, 0.25) is 0 Å². The molecule has 0 aliphatic heterocycles. The molecule has 1 fully saturated rings. The topological polar surface area (TPSA) is 55.4 Å². The van der Waals surface area contributed by atoms with Crippen molar-refractivity contribution in [3.8, 4) is 5.75 Å². The predicted molar refractivity (Wildman–Crippen MR) is 92.6 cm³/mol. The molecule has 2 aromatic rings. The molecule has 4 nitrogen and oxygen atoms in total. The number of carbonyl (C=O) groups is 2. The summed E-state index contributed by atoms with van der Waals surface area (Å²) in [6.07, 6.45) is 2.40. The highest BCUT2D eigenvalue weighted by molar-refractivity contribution is 6.30. The molecule has 0 radical (unpaired) electrons. The number of amides is 1. The highest BCUT2D eigenvalue weighted by Gasteiger charge is 2.21. The van der Waals surface area contributed by atoms with Crippen molar-refractivity contribution in [2.45, 2.75) is 12.8 Å². The summed E-state index contributed by atoms with van der Waals surface area (Å²) in [4.78, 5) is 24.0. The van der Waals surface area contributed by atoms with Crippen molar-refractivity contribution in [3.05, 3.63) is 64.7 Å². The van der Waals surface area contributed by atoms with Crippen LogP contribution in [-0.2, 0) is 4.79 Å². The molecule has 0 atom stereocenters. The number of carbonyl (C=O) groups excluding carboxylic acids is 2. The minimum atomic E-state index is -0.122. The van der Waals surface area contributed by atoms with E-state index in [1.807, 2.05) is 0 Å². The van der Waals surface area contributed by atoms with Crippen molar-refractivity contribution in [3.63, 3.8) is 0 Å². The summed E-state index contributed by atoms with van der Waals surface area (Å²) in [5.74, 6) is 1.000. The third-order valence-corrected chi connectivity index (χ3v) is 4.13.